The van der Waals surface area contributed by atoms with Crippen LogP contribution in [-0.4, -0.2) is 29.8 Å². The molecular formula is C22H20N2O5. The molecule has 0 spiro atoms. The SMILES string of the molecule is Cc1cc(C(=O)O[C@H](C)C(=O)NCc2ccc3c(c2)OCO3)c2ccccc2n1. The summed E-state index contributed by atoms with van der Waals surface area (Å²) >= 11 is 0. The van der Waals surface area contributed by atoms with Gasteiger partial charge in [0.1, 0.15) is 0 Å². The van der Waals surface area contributed by atoms with Crippen molar-refractivity contribution >= 4 is 22.8 Å². The molecule has 2 heterocycles. The van der Waals surface area contributed by atoms with Gasteiger partial charge >= 0.3 is 5.97 Å². The monoisotopic (exact) mass is 392 g/mol. The van der Waals surface area contributed by atoms with Crippen LogP contribution in [-0.2, 0) is 16.1 Å². The molecule has 0 unspecified atom stereocenters. The van der Waals surface area contributed by atoms with Gasteiger partial charge in [-0.3, -0.25) is 9.78 Å². The van der Waals surface area contributed by atoms with E-state index in [0.717, 1.165) is 5.56 Å². The zero-order chi connectivity index (χ0) is 20.4. The number of benzene rings is 2. The van der Waals surface area contributed by atoms with Crippen molar-refractivity contribution in [3.05, 3.63) is 65.4 Å². The van der Waals surface area contributed by atoms with Crippen LogP contribution in [0.3, 0.4) is 0 Å². The maximum Gasteiger partial charge on any atom is 0.339 e. The Morgan fingerprint density at radius 2 is 1.93 bits per heavy atom. The first kappa shape index (κ1) is 18.7. The van der Waals surface area contributed by atoms with Crippen molar-refractivity contribution < 1.29 is 23.8 Å². The number of nitrogens with zero attached hydrogens (tertiary/aromatic N) is 1. The van der Waals surface area contributed by atoms with Crippen LogP contribution in [0.25, 0.3) is 10.9 Å². The van der Waals surface area contributed by atoms with E-state index in [1.165, 1.54) is 0 Å². The first-order chi connectivity index (χ1) is 14.0. The quantitative estimate of drug-likeness (QED) is 0.672. The van der Waals surface area contributed by atoms with Gasteiger partial charge in [-0.2, -0.15) is 0 Å². The summed E-state index contributed by atoms with van der Waals surface area (Å²) in [5.74, 6) is 0.391. The fourth-order valence-corrected chi connectivity index (χ4v) is 3.14. The van der Waals surface area contributed by atoms with Crippen LogP contribution in [0.15, 0.2) is 48.5 Å². The van der Waals surface area contributed by atoms with E-state index in [0.29, 0.717) is 33.7 Å². The summed E-state index contributed by atoms with van der Waals surface area (Å²) in [4.78, 5) is 29.5. The Hall–Kier alpha value is -3.61. The first-order valence-corrected chi connectivity index (χ1v) is 9.25. The minimum atomic E-state index is -0.941. The second kappa shape index (κ2) is 7.79. The highest BCUT2D eigenvalue weighted by atomic mass is 16.7. The van der Waals surface area contributed by atoms with Crippen molar-refractivity contribution in [1.29, 1.82) is 0 Å². The molecule has 1 N–H and O–H groups in total. The molecule has 0 bridgehead atoms. The molecule has 0 aliphatic carbocycles. The van der Waals surface area contributed by atoms with E-state index >= 15 is 0 Å². The summed E-state index contributed by atoms with van der Waals surface area (Å²) in [6.07, 6.45) is -0.941. The fraction of sp³-hybridized carbons (Fsp3) is 0.227. The molecular weight excluding hydrogens is 372 g/mol. The second-order valence-electron chi connectivity index (χ2n) is 6.78. The van der Waals surface area contributed by atoms with Gasteiger partial charge in [-0.1, -0.05) is 24.3 Å². The lowest BCUT2D eigenvalue weighted by atomic mass is 10.1. The Bertz CT molecular complexity index is 1100. The lowest BCUT2D eigenvalue weighted by Crippen LogP contribution is -2.35. The predicted molar refractivity (Wildman–Crippen MR) is 106 cm³/mol. The number of rotatable bonds is 5. The van der Waals surface area contributed by atoms with Crippen LogP contribution < -0.4 is 14.8 Å². The standard InChI is InChI=1S/C22H20N2O5/c1-13-9-17(16-5-3-4-6-18(16)24-13)22(26)29-14(2)21(25)23-11-15-7-8-19-20(10-15)28-12-27-19/h3-10,14H,11-12H2,1-2H3,(H,23,25)/t14-/m1/s1. The van der Waals surface area contributed by atoms with E-state index in [1.54, 1.807) is 19.1 Å². The van der Waals surface area contributed by atoms with Crippen molar-refractivity contribution in [1.82, 2.24) is 10.3 Å². The largest absolute Gasteiger partial charge is 0.454 e. The van der Waals surface area contributed by atoms with Crippen LogP contribution >= 0.6 is 0 Å². The molecule has 1 amide bonds. The van der Waals surface area contributed by atoms with E-state index < -0.39 is 12.1 Å². The molecule has 0 radical (unpaired) electrons. The number of aromatic nitrogens is 1. The summed E-state index contributed by atoms with van der Waals surface area (Å²) in [6.45, 7) is 3.84. The van der Waals surface area contributed by atoms with Crippen LogP contribution in [0.2, 0.25) is 0 Å². The highest BCUT2D eigenvalue weighted by Crippen LogP contribution is 2.32. The lowest BCUT2D eigenvalue weighted by Gasteiger charge is -2.15. The van der Waals surface area contributed by atoms with Gasteiger partial charge in [0, 0.05) is 17.6 Å². The molecule has 4 rings (SSSR count). The number of carbonyl (C=O) groups excluding carboxylic acids is 2. The summed E-state index contributed by atoms with van der Waals surface area (Å²) in [5, 5.41) is 3.46. The van der Waals surface area contributed by atoms with Crippen LogP contribution in [0.1, 0.15) is 28.5 Å². The van der Waals surface area contributed by atoms with Crippen molar-refractivity contribution in [3.8, 4) is 11.5 Å². The molecule has 7 nitrogen and oxygen atoms in total. The van der Waals surface area contributed by atoms with Gasteiger partial charge in [0.15, 0.2) is 17.6 Å². The summed E-state index contributed by atoms with van der Waals surface area (Å²) < 4.78 is 16.0. The zero-order valence-electron chi connectivity index (χ0n) is 16.1. The number of hydrogen-bond acceptors (Lipinski definition) is 6. The van der Waals surface area contributed by atoms with Gasteiger partial charge in [-0.25, -0.2) is 4.79 Å². The molecule has 2 aromatic carbocycles. The van der Waals surface area contributed by atoms with Crippen molar-refractivity contribution in [2.24, 2.45) is 0 Å². The minimum Gasteiger partial charge on any atom is -0.454 e. The number of para-hydroxylation sites is 1. The molecule has 3 aromatic rings. The fourth-order valence-electron chi connectivity index (χ4n) is 3.14. The van der Waals surface area contributed by atoms with Gasteiger partial charge in [-0.05, 0) is 43.7 Å². The Morgan fingerprint density at radius 3 is 2.79 bits per heavy atom. The molecule has 0 fully saturated rings. The molecule has 1 aliphatic rings. The highest BCUT2D eigenvalue weighted by Gasteiger charge is 2.21. The molecule has 1 aromatic heterocycles. The molecule has 7 heteroatoms. The topological polar surface area (TPSA) is 86.8 Å². The Balaban J connectivity index is 1.40. The molecule has 1 atom stereocenters. The molecule has 0 saturated heterocycles. The maximum absolute atomic E-state index is 12.7. The average Bonchev–Trinajstić information content (AvgIpc) is 3.19. The Morgan fingerprint density at radius 1 is 1.14 bits per heavy atom. The minimum absolute atomic E-state index is 0.196. The Kier molecular flexibility index (Phi) is 5.03. The molecule has 0 saturated carbocycles. The maximum atomic E-state index is 12.7. The van der Waals surface area contributed by atoms with Gasteiger partial charge in [0.25, 0.3) is 5.91 Å². The van der Waals surface area contributed by atoms with Crippen molar-refractivity contribution in [3.63, 3.8) is 0 Å². The summed E-state index contributed by atoms with van der Waals surface area (Å²) in [7, 11) is 0. The average molecular weight is 392 g/mol. The van der Waals surface area contributed by atoms with E-state index in [1.807, 2.05) is 43.3 Å². The molecule has 29 heavy (non-hydrogen) atoms. The number of fused-ring (bicyclic) bond motifs is 2. The number of nitrogens with one attached hydrogen (secondary N) is 1. The lowest BCUT2D eigenvalue weighted by molar-refractivity contribution is -0.129. The highest BCUT2D eigenvalue weighted by molar-refractivity contribution is 6.04. The molecule has 148 valence electrons. The van der Waals surface area contributed by atoms with Gasteiger partial charge in [0.05, 0.1) is 11.1 Å². The third-order valence-corrected chi connectivity index (χ3v) is 4.62. The van der Waals surface area contributed by atoms with Crippen molar-refractivity contribution in [2.45, 2.75) is 26.5 Å². The van der Waals surface area contributed by atoms with Crippen LogP contribution in [0.4, 0.5) is 0 Å². The van der Waals surface area contributed by atoms with E-state index in [2.05, 4.69) is 10.3 Å². The number of esters is 1. The summed E-state index contributed by atoms with van der Waals surface area (Å²) in [5.41, 5.74) is 2.66. The normalized spacial score (nSPS) is 13.2. The first-order valence-electron chi connectivity index (χ1n) is 9.25. The zero-order valence-corrected chi connectivity index (χ0v) is 16.1. The number of ether oxygens (including phenoxy) is 3. The number of carbonyl (C=O) groups is 2. The third-order valence-electron chi connectivity index (χ3n) is 4.62. The van der Waals surface area contributed by atoms with Gasteiger partial charge in [0.2, 0.25) is 6.79 Å². The van der Waals surface area contributed by atoms with Crippen LogP contribution in [0.5, 0.6) is 11.5 Å². The number of aryl methyl sites for hydroxylation is 1. The van der Waals surface area contributed by atoms with Gasteiger partial charge < -0.3 is 19.5 Å². The Labute approximate surface area is 167 Å². The second-order valence-corrected chi connectivity index (χ2v) is 6.78. The molecule has 1 aliphatic heterocycles. The number of hydrogen-bond donors (Lipinski definition) is 1. The van der Waals surface area contributed by atoms with E-state index in [9.17, 15) is 9.59 Å². The van der Waals surface area contributed by atoms with Crippen LogP contribution in [0, 0.1) is 6.92 Å². The third kappa shape index (κ3) is 3.99. The number of pyridine rings is 1. The van der Waals surface area contributed by atoms with Crippen molar-refractivity contribution in [2.75, 3.05) is 6.79 Å². The van der Waals surface area contributed by atoms with Gasteiger partial charge in [-0.15, -0.1) is 0 Å². The smallest absolute Gasteiger partial charge is 0.339 e. The van der Waals surface area contributed by atoms with E-state index in [-0.39, 0.29) is 19.2 Å². The number of amides is 1. The summed E-state index contributed by atoms with van der Waals surface area (Å²) in [6, 6.07) is 14.4. The predicted octanol–water partition coefficient (Wildman–Crippen LogP) is 3.13. The van der Waals surface area contributed by atoms with E-state index in [4.69, 9.17) is 14.2 Å².